The third-order valence-corrected chi connectivity index (χ3v) is 6.94. The average Bonchev–Trinajstić information content (AvgIpc) is 3.43. The maximum atomic E-state index is 13.4. The standard InChI is InChI=1S/C24H22BrFN2O5S/c1-32-19-11-16(10-18(25)22(19)33-14-15-5-4-6-17(26)9-15)12-20-23(30)28(24(31)34-20)13-21(29)27-7-2-3-8-27/h4-6,9-12H,2-3,7-8,13-14H2,1H3/b20-12-. The zero-order valence-electron chi connectivity index (χ0n) is 18.4. The van der Waals surface area contributed by atoms with Crippen LogP contribution in [0.25, 0.3) is 6.08 Å². The average molecular weight is 549 g/mol. The Morgan fingerprint density at radius 3 is 2.68 bits per heavy atom. The van der Waals surface area contributed by atoms with Gasteiger partial charge in [-0.25, -0.2) is 4.39 Å². The summed E-state index contributed by atoms with van der Waals surface area (Å²) in [7, 11) is 1.48. The molecular weight excluding hydrogens is 527 g/mol. The second-order valence-corrected chi connectivity index (χ2v) is 9.66. The van der Waals surface area contributed by atoms with Gasteiger partial charge in [-0.2, -0.15) is 0 Å². The number of methoxy groups -OCH3 is 1. The van der Waals surface area contributed by atoms with Gasteiger partial charge in [0.1, 0.15) is 19.0 Å². The molecule has 0 spiro atoms. The fraction of sp³-hybridized carbons (Fsp3) is 0.292. The Hall–Kier alpha value is -2.85. The monoisotopic (exact) mass is 548 g/mol. The van der Waals surface area contributed by atoms with Gasteiger partial charge in [0, 0.05) is 13.1 Å². The van der Waals surface area contributed by atoms with E-state index < -0.39 is 11.1 Å². The summed E-state index contributed by atoms with van der Waals surface area (Å²) in [6.07, 6.45) is 3.45. The van der Waals surface area contributed by atoms with Crippen molar-refractivity contribution < 1.29 is 28.2 Å². The minimum atomic E-state index is -0.496. The lowest BCUT2D eigenvalue weighted by molar-refractivity contribution is -0.135. The molecule has 178 valence electrons. The summed E-state index contributed by atoms with van der Waals surface area (Å²) in [6, 6.07) is 9.51. The van der Waals surface area contributed by atoms with E-state index >= 15 is 0 Å². The number of amides is 3. The van der Waals surface area contributed by atoms with Gasteiger partial charge in [0.15, 0.2) is 11.5 Å². The van der Waals surface area contributed by atoms with E-state index in [9.17, 15) is 18.8 Å². The van der Waals surface area contributed by atoms with E-state index in [0.717, 1.165) is 29.5 Å². The van der Waals surface area contributed by atoms with Crippen LogP contribution in [0.5, 0.6) is 11.5 Å². The summed E-state index contributed by atoms with van der Waals surface area (Å²) in [5, 5.41) is -0.468. The number of thioether (sulfide) groups is 1. The number of hydrogen-bond acceptors (Lipinski definition) is 6. The maximum Gasteiger partial charge on any atom is 0.294 e. The molecule has 2 heterocycles. The minimum absolute atomic E-state index is 0.135. The number of imide groups is 1. The van der Waals surface area contributed by atoms with Gasteiger partial charge < -0.3 is 14.4 Å². The molecule has 0 N–H and O–H groups in total. The molecule has 2 aromatic carbocycles. The number of carbonyl (C=O) groups is 3. The van der Waals surface area contributed by atoms with Crippen LogP contribution in [0.4, 0.5) is 9.18 Å². The van der Waals surface area contributed by atoms with Gasteiger partial charge in [0.05, 0.1) is 16.5 Å². The molecule has 3 amide bonds. The Balaban J connectivity index is 1.49. The van der Waals surface area contributed by atoms with E-state index in [0.29, 0.717) is 40.2 Å². The fourth-order valence-corrected chi connectivity index (χ4v) is 5.15. The summed E-state index contributed by atoms with van der Waals surface area (Å²) in [5.41, 5.74) is 1.27. The highest BCUT2D eigenvalue weighted by Gasteiger charge is 2.37. The predicted octanol–water partition coefficient (Wildman–Crippen LogP) is 4.83. The molecule has 2 aromatic rings. The normalized spacial score (nSPS) is 17.1. The quantitative estimate of drug-likeness (QED) is 0.461. The SMILES string of the molecule is COc1cc(/C=C2\SC(=O)N(CC(=O)N3CCCC3)C2=O)cc(Br)c1OCc1cccc(F)c1. The van der Waals surface area contributed by atoms with Crippen LogP contribution >= 0.6 is 27.7 Å². The van der Waals surface area contributed by atoms with E-state index in [1.807, 2.05) is 0 Å². The van der Waals surface area contributed by atoms with Crippen LogP contribution in [0, 0.1) is 5.82 Å². The van der Waals surface area contributed by atoms with E-state index in [1.165, 1.54) is 19.2 Å². The third-order valence-electron chi connectivity index (χ3n) is 5.45. The van der Waals surface area contributed by atoms with Gasteiger partial charge >= 0.3 is 0 Å². The van der Waals surface area contributed by atoms with Crippen LogP contribution in [-0.2, 0) is 16.2 Å². The first kappa shape index (κ1) is 24.3. The highest BCUT2D eigenvalue weighted by molar-refractivity contribution is 9.10. The highest BCUT2D eigenvalue weighted by atomic mass is 79.9. The molecule has 0 aliphatic carbocycles. The van der Waals surface area contributed by atoms with Crippen LogP contribution in [0.2, 0.25) is 0 Å². The first-order valence-electron chi connectivity index (χ1n) is 10.6. The Bertz CT molecular complexity index is 1170. The molecule has 0 bridgehead atoms. The van der Waals surface area contributed by atoms with Crippen LogP contribution in [0.15, 0.2) is 45.8 Å². The second-order valence-electron chi connectivity index (χ2n) is 7.81. The Labute approximate surface area is 209 Å². The highest BCUT2D eigenvalue weighted by Crippen LogP contribution is 2.39. The first-order chi connectivity index (χ1) is 16.4. The topological polar surface area (TPSA) is 76.2 Å². The van der Waals surface area contributed by atoms with E-state index in [4.69, 9.17) is 9.47 Å². The molecule has 2 saturated heterocycles. The number of likely N-dealkylation sites (tertiary alicyclic amines) is 1. The number of carbonyl (C=O) groups excluding carboxylic acids is 3. The minimum Gasteiger partial charge on any atom is -0.493 e. The van der Waals surface area contributed by atoms with E-state index in [2.05, 4.69) is 15.9 Å². The maximum absolute atomic E-state index is 13.4. The Morgan fingerprint density at radius 1 is 1.21 bits per heavy atom. The molecule has 34 heavy (non-hydrogen) atoms. The Kier molecular flexibility index (Phi) is 7.57. The van der Waals surface area contributed by atoms with Crippen molar-refractivity contribution in [3.8, 4) is 11.5 Å². The number of halogens is 2. The molecule has 0 radical (unpaired) electrons. The van der Waals surface area contributed by atoms with Gasteiger partial charge in [-0.15, -0.1) is 0 Å². The first-order valence-corrected chi connectivity index (χ1v) is 12.2. The van der Waals surface area contributed by atoms with E-state index in [-0.39, 0.29) is 29.8 Å². The molecule has 2 aliphatic rings. The lowest BCUT2D eigenvalue weighted by Crippen LogP contribution is -2.40. The largest absolute Gasteiger partial charge is 0.493 e. The zero-order valence-corrected chi connectivity index (χ0v) is 20.8. The summed E-state index contributed by atoms with van der Waals surface area (Å²) < 4.78 is 25.3. The van der Waals surface area contributed by atoms with Gasteiger partial charge in [-0.05, 0) is 82.0 Å². The molecule has 2 aliphatic heterocycles. The van der Waals surface area contributed by atoms with Crippen molar-refractivity contribution in [1.82, 2.24) is 9.80 Å². The predicted molar refractivity (Wildman–Crippen MR) is 130 cm³/mol. The van der Waals surface area contributed by atoms with Gasteiger partial charge in [-0.3, -0.25) is 19.3 Å². The molecule has 2 fully saturated rings. The molecule has 0 aromatic heterocycles. The van der Waals surface area contributed by atoms with Crippen molar-refractivity contribution >= 4 is 50.8 Å². The number of ether oxygens (including phenoxy) is 2. The molecule has 0 saturated carbocycles. The smallest absolute Gasteiger partial charge is 0.294 e. The molecular formula is C24H22BrFN2O5S. The van der Waals surface area contributed by atoms with Crippen LogP contribution in [-0.4, -0.2) is 53.6 Å². The summed E-state index contributed by atoms with van der Waals surface area (Å²) in [5.74, 6) is -0.235. The molecule has 0 atom stereocenters. The number of nitrogens with zero attached hydrogens (tertiary/aromatic N) is 2. The van der Waals surface area contributed by atoms with Crippen molar-refractivity contribution in [2.24, 2.45) is 0 Å². The molecule has 7 nitrogen and oxygen atoms in total. The Morgan fingerprint density at radius 2 is 1.97 bits per heavy atom. The zero-order chi connectivity index (χ0) is 24.2. The van der Waals surface area contributed by atoms with Gasteiger partial charge in [-0.1, -0.05) is 12.1 Å². The van der Waals surface area contributed by atoms with Crippen LogP contribution in [0.1, 0.15) is 24.0 Å². The van der Waals surface area contributed by atoms with Gasteiger partial charge in [0.25, 0.3) is 11.1 Å². The number of benzene rings is 2. The van der Waals surface area contributed by atoms with Gasteiger partial charge in [0.2, 0.25) is 5.91 Å². The molecule has 0 unspecified atom stereocenters. The number of rotatable bonds is 7. The lowest BCUT2D eigenvalue weighted by atomic mass is 10.1. The number of hydrogen-bond donors (Lipinski definition) is 0. The third kappa shape index (κ3) is 5.44. The van der Waals surface area contributed by atoms with Crippen LogP contribution in [0.3, 0.4) is 0 Å². The second kappa shape index (κ2) is 10.6. The van der Waals surface area contributed by atoms with Crippen molar-refractivity contribution in [3.05, 3.63) is 62.7 Å². The van der Waals surface area contributed by atoms with Crippen molar-refractivity contribution in [2.75, 3.05) is 26.7 Å². The van der Waals surface area contributed by atoms with E-state index in [1.54, 1.807) is 35.2 Å². The summed E-state index contributed by atoms with van der Waals surface area (Å²) in [6.45, 7) is 1.20. The fourth-order valence-electron chi connectivity index (χ4n) is 3.73. The molecule has 10 heteroatoms. The summed E-state index contributed by atoms with van der Waals surface area (Å²) in [4.78, 5) is 40.5. The lowest BCUT2D eigenvalue weighted by Gasteiger charge is -2.18. The van der Waals surface area contributed by atoms with Crippen molar-refractivity contribution in [3.63, 3.8) is 0 Å². The van der Waals surface area contributed by atoms with Crippen LogP contribution < -0.4 is 9.47 Å². The van der Waals surface area contributed by atoms with Crippen molar-refractivity contribution in [2.45, 2.75) is 19.4 Å². The van der Waals surface area contributed by atoms with Crippen molar-refractivity contribution in [1.29, 1.82) is 0 Å². The molecule has 4 rings (SSSR count). The summed E-state index contributed by atoms with van der Waals surface area (Å²) >= 11 is 4.26.